The Labute approximate surface area is 72.3 Å². The van der Waals surface area contributed by atoms with Crippen molar-refractivity contribution < 1.29 is 9.53 Å². The van der Waals surface area contributed by atoms with Crippen LogP contribution in [-0.4, -0.2) is 11.7 Å². The summed E-state index contributed by atoms with van der Waals surface area (Å²) in [7, 11) is 0. The fourth-order valence-electron chi connectivity index (χ4n) is 0.917. The number of ether oxygens (including phenoxy) is 1. The highest BCUT2D eigenvalue weighted by Gasteiger charge is 2.20. The Balaban J connectivity index is 3.72. The van der Waals surface area contributed by atoms with E-state index in [2.05, 4.69) is 0 Å². The molecule has 0 spiro atoms. The van der Waals surface area contributed by atoms with E-state index >= 15 is 0 Å². The summed E-state index contributed by atoms with van der Waals surface area (Å²) < 4.78 is 4.81. The van der Waals surface area contributed by atoms with E-state index in [1.165, 1.54) is 0 Å². The van der Waals surface area contributed by atoms with E-state index in [9.17, 15) is 4.79 Å². The quantitative estimate of drug-likeness (QED) is 0.650. The zero-order chi connectivity index (χ0) is 9.61. The standard InChI is InChI=1S/C8H14N2O2/c1-8(2,12-7(10)11)5-3-4-6-9/h3-5H2,1-2H3,(H2,10,11). The Bertz CT molecular complexity index is 194. The van der Waals surface area contributed by atoms with Gasteiger partial charge in [0.25, 0.3) is 0 Å². The van der Waals surface area contributed by atoms with Gasteiger partial charge in [0.15, 0.2) is 0 Å². The maximum Gasteiger partial charge on any atom is 0.405 e. The molecule has 0 rings (SSSR count). The van der Waals surface area contributed by atoms with Gasteiger partial charge in [0, 0.05) is 6.42 Å². The van der Waals surface area contributed by atoms with Crippen molar-refractivity contribution in [2.24, 2.45) is 5.73 Å². The van der Waals surface area contributed by atoms with E-state index in [4.69, 9.17) is 15.7 Å². The molecule has 0 saturated heterocycles. The van der Waals surface area contributed by atoms with Crippen molar-refractivity contribution in [3.8, 4) is 6.07 Å². The van der Waals surface area contributed by atoms with Gasteiger partial charge < -0.3 is 10.5 Å². The first kappa shape index (κ1) is 10.8. The molecule has 0 radical (unpaired) electrons. The molecule has 0 bridgehead atoms. The van der Waals surface area contributed by atoms with Crippen LogP contribution in [0.3, 0.4) is 0 Å². The summed E-state index contributed by atoms with van der Waals surface area (Å²) >= 11 is 0. The molecule has 0 aromatic heterocycles. The highest BCUT2D eigenvalue weighted by Crippen LogP contribution is 2.17. The summed E-state index contributed by atoms with van der Waals surface area (Å²) in [5.74, 6) is 0. The molecule has 12 heavy (non-hydrogen) atoms. The molecule has 0 aliphatic rings. The molecule has 0 unspecified atom stereocenters. The van der Waals surface area contributed by atoms with Crippen LogP contribution in [-0.2, 0) is 4.74 Å². The summed E-state index contributed by atoms with van der Waals surface area (Å²) in [4.78, 5) is 10.4. The van der Waals surface area contributed by atoms with Crippen LogP contribution in [0.2, 0.25) is 0 Å². The number of carbonyl (C=O) groups is 1. The maximum atomic E-state index is 10.4. The van der Waals surface area contributed by atoms with E-state index < -0.39 is 11.7 Å². The third-order valence-corrected chi connectivity index (χ3v) is 1.44. The highest BCUT2D eigenvalue weighted by molar-refractivity contribution is 5.65. The molecule has 0 aromatic carbocycles. The number of rotatable bonds is 4. The third kappa shape index (κ3) is 5.54. The van der Waals surface area contributed by atoms with Crippen LogP contribution in [0.25, 0.3) is 0 Å². The van der Waals surface area contributed by atoms with Crippen molar-refractivity contribution in [3.63, 3.8) is 0 Å². The molecule has 1 amide bonds. The predicted molar refractivity (Wildman–Crippen MR) is 44.2 cm³/mol. The number of nitriles is 1. The molecular weight excluding hydrogens is 156 g/mol. The molecular formula is C8H14N2O2. The molecule has 0 aliphatic heterocycles. The molecule has 0 aromatic rings. The van der Waals surface area contributed by atoms with E-state index in [0.717, 1.165) is 6.42 Å². The number of carbonyl (C=O) groups excluding carboxylic acids is 1. The van der Waals surface area contributed by atoms with Crippen LogP contribution in [0, 0.1) is 11.3 Å². The Kier molecular flexibility index (Phi) is 4.12. The second-order valence-corrected chi connectivity index (χ2v) is 3.19. The first-order valence-electron chi connectivity index (χ1n) is 3.83. The minimum Gasteiger partial charge on any atom is -0.444 e. The Hall–Kier alpha value is -1.24. The van der Waals surface area contributed by atoms with Gasteiger partial charge in [-0.05, 0) is 26.7 Å². The lowest BCUT2D eigenvalue weighted by atomic mass is 10.0. The van der Waals surface area contributed by atoms with E-state index in [-0.39, 0.29) is 0 Å². The third-order valence-electron chi connectivity index (χ3n) is 1.44. The van der Waals surface area contributed by atoms with Crippen molar-refractivity contribution in [1.82, 2.24) is 0 Å². The second kappa shape index (κ2) is 4.60. The number of hydrogen-bond donors (Lipinski definition) is 1. The van der Waals surface area contributed by atoms with Crippen LogP contribution in [0.15, 0.2) is 0 Å². The Morgan fingerprint density at radius 1 is 1.67 bits per heavy atom. The minimum atomic E-state index is -0.767. The van der Waals surface area contributed by atoms with Crippen molar-refractivity contribution in [1.29, 1.82) is 5.26 Å². The summed E-state index contributed by atoms with van der Waals surface area (Å²) in [5.41, 5.74) is 4.30. The molecule has 4 heteroatoms. The van der Waals surface area contributed by atoms with E-state index in [1.54, 1.807) is 13.8 Å². The van der Waals surface area contributed by atoms with Crippen LogP contribution in [0.1, 0.15) is 33.1 Å². The van der Waals surface area contributed by atoms with Gasteiger partial charge in [-0.25, -0.2) is 4.79 Å². The van der Waals surface area contributed by atoms with Crippen molar-refractivity contribution >= 4 is 6.09 Å². The number of primary amides is 1. The van der Waals surface area contributed by atoms with Crippen molar-refractivity contribution in [2.45, 2.75) is 38.7 Å². The number of amides is 1. The molecule has 68 valence electrons. The van der Waals surface area contributed by atoms with Crippen LogP contribution < -0.4 is 5.73 Å². The average molecular weight is 170 g/mol. The van der Waals surface area contributed by atoms with Crippen molar-refractivity contribution in [3.05, 3.63) is 0 Å². The number of hydrogen-bond acceptors (Lipinski definition) is 3. The van der Waals surface area contributed by atoms with Gasteiger partial charge in [0.1, 0.15) is 5.60 Å². The lowest BCUT2D eigenvalue weighted by Crippen LogP contribution is -2.30. The first-order chi connectivity index (χ1) is 5.48. The normalized spacial score (nSPS) is 10.4. The smallest absolute Gasteiger partial charge is 0.405 e. The SMILES string of the molecule is CC(C)(CCCC#N)OC(N)=O. The van der Waals surface area contributed by atoms with Crippen LogP contribution >= 0.6 is 0 Å². The molecule has 0 fully saturated rings. The summed E-state index contributed by atoms with van der Waals surface area (Å²) in [6.45, 7) is 3.55. The summed E-state index contributed by atoms with van der Waals surface area (Å²) in [6, 6.07) is 2.02. The average Bonchev–Trinajstić information content (AvgIpc) is 1.84. The topological polar surface area (TPSA) is 76.1 Å². The van der Waals surface area contributed by atoms with Gasteiger partial charge in [0.2, 0.25) is 0 Å². The second-order valence-electron chi connectivity index (χ2n) is 3.19. The molecule has 2 N–H and O–H groups in total. The first-order valence-corrected chi connectivity index (χ1v) is 3.83. The van der Waals surface area contributed by atoms with E-state index in [1.807, 2.05) is 6.07 Å². The molecule has 4 nitrogen and oxygen atoms in total. The lowest BCUT2D eigenvalue weighted by molar-refractivity contribution is 0.0380. The summed E-state index contributed by atoms with van der Waals surface area (Å²) in [6.07, 6.45) is 1.09. The Morgan fingerprint density at radius 3 is 2.67 bits per heavy atom. The molecule has 0 saturated carbocycles. The number of nitrogens with zero attached hydrogens (tertiary/aromatic N) is 1. The molecule has 0 aliphatic carbocycles. The molecule has 0 heterocycles. The molecule has 0 atom stereocenters. The zero-order valence-corrected chi connectivity index (χ0v) is 7.46. The van der Waals surface area contributed by atoms with Gasteiger partial charge in [-0.3, -0.25) is 0 Å². The fraction of sp³-hybridized carbons (Fsp3) is 0.750. The van der Waals surface area contributed by atoms with Gasteiger partial charge in [-0.1, -0.05) is 0 Å². The van der Waals surface area contributed by atoms with E-state index in [0.29, 0.717) is 12.8 Å². The number of nitrogens with two attached hydrogens (primary N) is 1. The largest absolute Gasteiger partial charge is 0.444 e. The summed E-state index contributed by atoms with van der Waals surface area (Å²) in [5, 5.41) is 8.26. The number of unbranched alkanes of at least 4 members (excludes halogenated alkanes) is 1. The maximum absolute atomic E-state index is 10.4. The fourth-order valence-corrected chi connectivity index (χ4v) is 0.917. The van der Waals surface area contributed by atoms with Gasteiger partial charge in [-0.15, -0.1) is 0 Å². The van der Waals surface area contributed by atoms with Crippen molar-refractivity contribution in [2.75, 3.05) is 0 Å². The van der Waals surface area contributed by atoms with Gasteiger partial charge >= 0.3 is 6.09 Å². The Morgan fingerprint density at radius 2 is 2.25 bits per heavy atom. The van der Waals surface area contributed by atoms with Crippen LogP contribution in [0.4, 0.5) is 4.79 Å². The van der Waals surface area contributed by atoms with Gasteiger partial charge in [-0.2, -0.15) is 5.26 Å². The predicted octanol–water partition coefficient (Wildman–Crippen LogP) is 1.55. The minimum absolute atomic E-state index is 0.478. The monoisotopic (exact) mass is 170 g/mol. The zero-order valence-electron chi connectivity index (χ0n) is 7.46. The highest BCUT2D eigenvalue weighted by atomic mass is 16.6. The van der Waals surface area contributed by atoms with Gasteiger partial charge in [0.05, 0.1) is 6.07 Å². The van der Waals surface area contributed by atoms with Crippen LogP contribution in [0.5, 0.6) is 0 Å². The lowest BCUT2D eigenvalue weighted by Gasteiger charge is -2.23.